The van der Waals surface area contributed by atoms with Crippen LogP contribution in [0.2, 0.25) is 0 Å². The zero-order chi connectivity index (χ0) is 14.7. The van der Waals surface area contributed by atoms with Crippen molar-refractivity contribution in [3.63, 3.8) is 0 Å². The van der Waals surface area contributed by atoms with E-state index in [2.05, 4.69) is 4.98 Å². The van der Waals surface area contributed by atoms with Gasteiger partial charge >= 0.3 is 5.69 Å². The van der Waals surface area contributed by atoms with Gasteiger partial charge in [-0.25, -0.2) is 4.79 Å². The van der Waals surface area contributed by atoms with Crippen LogP contribution in [0.1, 0.15) is 18.2 Å². The highest BCUT2D eigenvalue weighted by atomic mass is 35.5. The monoisotopic (exact) mass is 303 g/mol. The first-order valence-electron chi connectivity index (χ1n) is 5.85. The molecule has 1 aromatic rings. The number of nitrogens with zero attached hydrogens (tertiary/aromatic N) is 2. The van der Waals surface area contributed by atoms with Crippen LogP contribution in [0.4, 0.5) is 5.82 Å². The molecule has 0 saturated carbocycles. The summed E-state index contributed by atoms with van der Waals surface area (Å²) in [7, 11) is 0. The van der Waals surface area contributed by atoms with Crippen LogP contribution in [0.25, 0.3) is 6.08 Å². The van der Waals surface area contributed by atoms with E-state index in [0.717, 1.165) is 0 Å². The summed E-state index contributed by atoms with van der Waals surface area (Å²) in [6.07, 6.45) is 0.636. The van der Waals surface area contributed by atoms with Crippen LogP contribution < -0.4 is 11.2 Å². The number of aromatic nitrogens is 2. The number of rotatable bonds is 4. The van der Waals surface area contributed by atoms with Crippen molar-refractivity contribution < 1.29 is 20.2 Å². The largest absolute Gasteiger partial charge is 0.394 e. The van der Waals surface area contributed by atoms with Gasteiger partial charge < -0.3 is 14.9 Å². The van der Waals surface area contributed by atoms with Crippen LogP contribution in [-0.4, -0.2) is 43.8 Å². The van der Waals surface area contributed by atoms with Gasteiger partial charge in [0.25, 0.3) is 0 Å². The maximum atomic E-state index is 11.9. The minimum atomic E-state index is -0.862. The summed E-state index contributed by atoms with van der Waals surface area (Å²) >= 11 is 5.48. The lowest BCUT2D eigenvalue weighted by molar-refractivity contribution is -0.0458. The van der Waals surface area contributed by atoms with Crippen LogP contribution >= 0.6 is 11.6 Å². The van der Waals surface area contributed by atoms with E-state index in [4.69, 9.17) is 26.7 Å². The molecule has 1 aromatic heterocycles. The van der Waals surface area contributed by atoms with E-state index in [1.54, 1.807) is 5.48 Å². The predicted molar refractivity (Wildman–Crippen MR) is 70.4 cm³/mol. The Labute approximate surface area is 118 Å². The third-order valence-electron chi connectivity index (χ3n) is 3.02. The minimum Gasteiger partial charge on any atom is -0.394 e. The van der Waals surface area contributed by atoms with Crippen molar-refractivity contribution in [2.75, 3.05) is 12.1 Å². The van der Waals surface area contributed by atoms with Gasteiger partial charge in [0.1, 0.15) is 12.3 Å². The molecule has 1 aliphatic rings. The highest BCUT2D eigenvalue weighted by Crippen LogP contribution is 2.28. The SMILES string of the molecule is O=c1nc(NO)c(C=CCl)cn1[C@H]1CC(O)[C@@H](CO)O1. The number of nitrogens with one attached hydrogen (secondary N) is 1. The molecule has 110 valence electrons. The van der Waals surface area contributed by atoms with Gasteiger partial charge in [-0.3, -0.25) is 15.3 Å². The molecule has 0 aliphatic carbocycles. The first kappa shape index (κ1) is 14.9. The second-order valence-corrected chi connectivity index (χ2v) is 4.51. The second kappa shape index (κ2) is 6.33. The van der Waals surface area contributed by atoms with Gasteiger partial charge in [0, 0.05) is 23.7 Å². The van der Waals surface area contributed by atoms with Crippen molar-refractivity contribution in [3.8, 4) is 0 Å². The summed E-state index contributed by atoms with van der Waals surface area (Å²) in [6.45, 7) is -0.343. The van der Waals surface area contributed by atoms with Crippen LogP contribution in [0.15, 0.2) is 16.5 Å². The van der Waals surface area contributed by atoms with Gasteiger partial charge in [-0.15, -0.1) is 0 Å². The Bertz CT molecular complexity index is 561. The second-order valence-electron chi connectivity index (χ2n) is 4.25. The van der Waals surface area contributed by atoms with E-state index < -0.39 is 24.1 Å². The summed E-state index contributed by atoms with van der Waals surface area (Å²) in [4.78, 5) is 15.5. The molecule has 1 aliphatic heterocycles. The zero-order valence-electron chi connectivity index (χ0n) is 10.3. The molecule has 0 aromatic carbocycles. The van der Waals surface area contributed by atoms with Gasteiger partial charge in [0.15, 0.2) is 5.82 Å². The van der Waals surface area contributed by atoms with E-state index in [-0.39, 0.29) is 18.8 Å². The molecule has 0 amide bonds. The Balaban J connectivity index is 2.38. The standard InChI is InChI=1S/C11H14ClN3O5/c12-2-1-6-4-15(11(18)13-10(6)14-19)9-3-7(17)8(5-16)20-9/h1-2,4,7-9,16-17,19H,3,5H2,(H,13,14,18)/t7?,8-,9-/m1/s1. The molecular formula is C11H14ClN3O5. The highest BCUT2D eigenvalue weighted by molar-refractivity contribution is 6.27. The number of ether oxygens (including phenoxy) is 1. The number of anilines is 1. The maximum absolute atomic E-state index is 11.9. The summed E-state index contributed by atoms with van der Waals surface area (Å²) in [5.41, 5.74) is 2.71. The normalized spacial score (nSPS) is 26.3. The van der Waals surface area contributed by atoms with E-state index in [9.17, 15) is 9.90 Å². The Morgan fingerprint density at radius 2 is 2.40 bits per heavy atom. The molecular weight excluding hydrogens is 290 g/mol. The van der Waals surface area contributed by atoms with Crippen molar-refractivity contribution in [3.05, 3.63) is 27.8 Å². The van der Waals surface area contributed by atoms with E-state index >= 15 is 0 Å². The first-order valence-corrected chi connectivity index (χ1v) is 6.28. The molecule has 8 nitrogen and oxygen atoms in total. The van der Waals surface area contributed by atoms with Crippen molar-refractivity contribution in [1.29, 1.82) is 0 Å². The van der Waals surface area contributed by atoms with Gasteiger partial charge in [-0.2, -0.15) is 4.98 Å². The minimum absolute atomic E-state index is 0.0413. The number of halogens is 1. The zero-order valence-corrected chi connectivity index (χ0v) is 11.1. The lowest BCUT2D eigenvalue weighted by atomic mass is 10.2. The quantitative estimate of drug-likeness (QED) is 0.574. The Kier molecular flexibility index (Phi) is 4.73. The maximum Gasteiger partial charge on any atom is 0.351 e. The molecule has 2 heterocycles. The lowest BCUT2D eigenvalue weighted by Crippen LogP contribution is -2.28. The van der Waals surface area contributed by atoms with Gasteiger partial charge in [0.05, 0.1) is 12.7 Å². The molecule has 1 unspecified atom stereocenters. The third-order valence-corrected chi connectivity index (χ3v) is 3.15. The van der Waals surface area contributed by atoms with Gasteiger partial charge in [0.2, 0.25) is 0 Å². The molecule has 0 spiro atoms. The summed E-state index contributed by atoms with van der Waals surface area (Å²) in [5.74, 6) is -0.0413. The molecule has 0 bridgehead atoms. The van der Waals surface area contributed by atoms with Crippen molar-refractivity contribution in [1.82, 2.24) is 9.55 Å². The number of hydrogen-bond donors (Lipinski definition) is 4. The first-order chi connectivity index (χ1) is 9.60. The fraction of sp³-hybridized carbons (Fsp3) is 0.455. The Hall–Kier alpha value is -1.45. The summed E-state index contributed by atoms with van der Waals surface area (Å²) in [6, 6.07) is 0. The molecule has 0 radical (unpaired) electrons. The molecule has 3 atom stereocenters. The molecule has 2 rings (SSSR count). The average molecular weight is 304 g/mol. The van der Waals surface area contributed by atoms with Gasteiger partial charge in [-0.1, -0.05) is 11.6 Å². The van der Waals surface area contributed by atoms with Crippen LogP contribution in [-0.2, 0) is 4.74 Å². The number of aliphatic hydroxyl groups is 2. The van der Waals surface area contributed by atoms with E-state index in [0.29, 0.717) is 5.56 Å². The highest BCUT2D eigenvalue weighted by Gasteiger charge is 2.35. The average Bonchev–Trinajstić information content (AvgIpc) is 2.81. The lowest BCUT2D eigenvalue weighted by Gasteiger charge is -2.15. The Morgan fingerprint density at radius 1 is 1.65 bits per heavy atom. The fourth-order valence-corrected chi connectivity index (χ4v) is 2.16. The van der Waals surface area contributed by atoms with Gasteiger partial charge in [-0.05, 0) is 6.08 Å². The van der Waals surface area contributed by atoms with Crippen LogP contribution in [0.5, 0.6) is 0 Å². The smallest absolute Gasteiger partial charge is 0.351 e. The molecule has 4 N–H and O–H groups in total. The van der Waals surface area contributed by atoms with E-state index in [1.165, 1.54) is 22.4 Å². The Morgan fingerprint density at radius 3 is 2.95 bits per heavy atom. The summed E-state index contributed by atoms with van der Waals surface area (Å²) in [5, 5.41) is 27.6. The third kappa shape index (κ3) is 2.84. The van der Waals surface area contributed by atoms with Crippen LogP contribution in [0, 0.1) is 0 Å². The number of hydrogen-bond acceptors (Lipinski definition) is 7. The van der Waals surface area contributed by atoms with E-state index in [1.807, 2.05) is 0 Å². The molecule has 1 fully saturated rings. The predicted octanol–water partition coefficient (Wildman–Crippen LogP) is -0.105. The summed E-state index contributed by atoms with van der Waals surface area (Å²) < 4.78 is 6.55. The molecule has 9 heteroatoms. The van der Waals surface area contributed by atoms with Crippen LogP contribution in [0.3, 0.4) is 0 Å². The van der Waals surface area contributed by atoms with Crippen molar-refractivity contribution in [2.45, 2.75) is 24.9 Å². The molecule has 20 heavy (non-hydrogen) atoms. The molecule has 1 saturated heterocycles. The topological polar surface area (TPSA) is 117 Å². The van der Waals surface area contributed by atoms with Crippen molar-refractivity contribution >= 4 is 23.5 Å². The number of aliphatic hydroxyl groups excluding tert-OH is 2. The fourth-order valence-electron chi connectivity index (χ4n) is 2.02. The van der Waals surface area contributed by atoms with Crippen molar-refractivity contribution in [2.24, 2.45) is 0 Å².